The van der Waals surface area contributed by atoms with Gasteiger partial charge in [0.1, 0.15) is 11.9 Å². The van der Waals surface area contributed by atoms with Crippen LogP contribution in [0.3, 0.4) is 0 Å². The van der Waals surface area contributed by atoms with Crippen molar-refractivity contribution < 1.29 is 24.9 Å². The molecule has 5 heteroatoms. The Morgan fingerprint density at radius 1 is 1.06 bits per heavy atom. The molecule has 0 spiro atoms. The number of hydrogen-bond acceptors (Lipinski definition) is 4. The first-order valence-corrected chi connectivity index (χ1v) is 12.0. The van der Waals surface area contributed by atoms with Crippen molar-refractivity contribution in [2.45, 2.75) is 85.0 Å². The summed E-state index contributed by atoms with van der Waals surface area (Å²) < 4.78 is 6.67. The molecule has 0 amide bonds. The topological polar surface area (TPSA) is 87.0 Å². The maximum Gasteiger partial charge on any atom is 0.335 e. The Bertz CT molecular complexity index is 1010. The zero-order valence-electron chi connectivity index (χ0n) is 19.8. The normalized spacial score (nSPS) is 42.2. The van der Waals surface area contributed by atoms with Crippen LogP contribution in [-0.4, -0.2) is 39.6 Å². The minimum Gasteiger partial charge on any atom is -0.486 e. The fourth-order valence-electron chi connectivity index (χ4n) is 7.84. The zero-order valence-corrected chi connectivity index (χ0v) is 19.8. The SMILES string of the molecule is CC1CC(O)C2=C3C(CC4C2(C)CCC(O)C4(C)C)Oc2ccc(C(=O)O)cc2CC31C. The minimum atomic E-state index is -0.930. The van der Waals surface area contributed by atoms with Gasteiger partial charge in [0, 0.05) is 0 Å². The number of ether oxygens (including phenoxy) is 1. The number of carboxylic acids is 1. The smallest absolute Gasteiger partial charge is 0.335 e. The molecule has 3 aliphatic carbocycles. The molecule has 1 fully saturated rings. The van der Waals surface area contributed by atoms with Gasteiger partial charge in [-0.05, 0) is 95.1 Å². The lowest BCUT2D eigenvalue weighted by Crippen LogP contribution is -2.59. The minimum absolute atomic E-state index is 0.174. The summed E-state index contributed by atoms with van der Waals surface area (Å²) in [4.78, 5) is 11.6. The number of benzene rings is 1. The van der Waals surface area contributed by atoms with Crippen molar-refractivity contribution in [3.05, 3.63) is 40.5 Å². The molecule has 4 aliphatic rings. The van der Waals surface area contributed by atoms with E-state index in [0.29, 0.717) is 12.8 Å². The Morgan fingerprint density at radius 3 is 2.47 bits per heavy atom. The van der Waals surface area contributed by atoms with Gasteiger partial charge in [-0.2, -0.15) is 0 Å². The Labute approximate surface area is 190 Å². The van der Waals surface area contributed by atoms with E-state index in [1.54, 1.807) is 18.2 Å². The van der Waals surface area contributed by atoms with E-state index in [-0.39, 0.29) is 45.9 Å². The molecule has 7 atom stereocenters. The van der Waals surface area contributed by atoms with Crippen molar-refractivity contribution in [3.8, 4) is 5.75 Å². The van der Waals surface area contributed by atoms with Crippen LogP contribution in [-0.2, 0) is 6.42 Å². The van der Waals surface area contributed by atoms with Crippen molar-refractivity contribution in [1.29, 1.82) is 0 Å². The fraction of sp³-hybridized carbons (Fsp3) is 0.667. The summed E-state index contributed by atoms with van der Waals surface area (Å²) in [6, 6.07) is 5.18. The van der Waals surface area contributed by atoms with E-state index in [1.165, 1.54) is 5.57 Å². The number of carboxylic acid groups (broad SMARTS) is 1. The molecule has 1 aromatic rings. The standard InChI is InChI=1S/C27H36O5/c1-14-10-17(28)22-23-19(12-20-25(2,3)21(29)8-9-26(20,22)4)32-18-7-6-15(24(30)31)11-16(18)13-27(14,23)5/h6-7,11,14,17,19-21,28-29H,8-10,12-13H2,1-5H3,(H,30,31). The zero-order chi connectivity index (χ0) is 23.2. The molecule has 32 heavy (non-hydrogen) atoms. The van der Waals surface area contributed by atoms with Gasteiger partial charge in [0.25, 0.3) is 0 Å². The van der Waals surface area contributed by atoms with Crippen LogP contribution in [0, 0.1) is 28.1 Å². The molecule has 1 saturated carbocycles. The van der Waals surface area contributed by atoms with Crippen LogP contribution in [0.2, 0.25) is 0 Å². The van der Waals surface area contributed by atoms with E-state index in [9.17, 15) is 20.1 Å². The highest BCUT2D eigenvalue weighted by molar-refractivity contribution is 5.88. The van der Waals surface area contributed by atoms with Crippen molar-refractivity contribution in [2.24, 2.45) is 28.1 Å². The van der Waals surface area contributed by atoms with Crippen LogP contribution in [0.4, 0.5) is 0 Å². The van der Waals surface area contributed by atoms with Crippen LogP contribution in [0.1, 0.15) is 76.2 Å². The Kier molecular flexibility index (Phi) is 4.69. The molecule has 0 saturated heterocycles. The second-order valence-electron chi connectivity index (χ2n) is 11.9. The summed E-state index contributed by atoms with van der Waals surface area (Å²) in [6.45, 7) is 11.1. The van der Waals surface area contributed by atoms with Gasteiger partial charge in [0.05, 0.1) is 17.8 Å². The van der Waals surface area contributed by atoms with E-state index in [4.69, 9.17) is 4.74 Å². The average Bonchev–Trinajstić information content (AvgIpc) is 2.83. The molecule has 1 heterocycles. The maximum atomic E-state index is 11.6. The van der Waals surface area contributed by atoms with Crippen LogP contribution < -0.4 is 4.74 Å². The second kappa shape index (κ2) is 6.83. The van der Waals surface area contributed by atoms with Gasteiger partial charge in [0.2, 0.25) is 0 Å². The number of carbonyl (C=O) groups is 1. The highest BCUT2D eigenvalue weighted by Gasteiger charge is 2.62. The largest absolute Gasteiger partial charge is 0.486 e. The van der Waals surface area contributed by atoms with Crippen molar-refractivity contribution in [1.82, 2.24) is 0 Å². The number of aromatic carboxylic acids is 1. The molecular weight excluding hydrogens is 404 g/mol. The first-order chi connectivity index (χ1) is 14.9. The Hall–Kier alpha value is -1.85. The maximum absolute atomic E-state index is 11.6. The Morgan fingerprint density at radius 2 is 1.78 bits per heavy atom. The van der Waals surface area contributed by atoms with Crippen LogP contribution in [0.15, 0.2) is 29.3 Å². The molecule has 1 aliphatic heterocycles. The van der Waals surface area contributed by atoms with Gasteiger partial charge < -0.3 is 20.1 Å². The second-order valence-corrected chi connectivity index (χ2v) is 11.9. The van der Waals surface area contributed by atoms with Gasteiger partial charge in [-0.3, -0.25) is 0 Å². The fourth-order valence-corrected chi connectivity index (χ4v) is 7.84. The quantitative estimate of drug-likeness (QED) is 0.556. The highest BCUT2D eigenvalue weighted by Crippen LogP contribution is 2.66. The van der Waals surface area contributed by atoms with Gasteiger partial charge in [0.15, 0.2) is 0 Å². The number of hydrogen-bond donors (Lipinski definition) is 3. The number of rotatable bonds is 1. The summed E-state index contributed by atoms with van der Waals surface area (Å²) >= 11 is 0. The number of fused-ring (bicyclic) bond motifs is 3. The third kappa shape index (κ3) is 2.80. The summed E-state index contributed by atoms with van der Waals surface area (Å²) in [5.74, 6) is 0.251. The van der Waals surface area contributed by atoms with E-state index in [0.717, 1.165) is 36.1 Å². The number of aliphatic hydroxyl groups is 2. The molecule has 0 radical (unpaired) electrons. The molecule has 5 nitrogen and oxygen atoms in total. The first-order valence-electron chi connectivity index (χ1n) is 12.0. The molecule has 7 unspecified atom stereocenters. The third-order valence-electron chi connectivity index (χ3n) is 9.89. The van der Waals surface area contributed by atoms with Gasteiger partial charge in [-0.1, -0.05) is 34.6 Å². The highest BCUT2D eigenvalue weighted by atomic mass is 16.5. The summed E-state index contributed by atoms with van der Waals surface area (Å²) in [5, 5.41) is 31.9. The predicted molar refractivity (Wildman–Crippen MR) is 122 cm³/mol. The monoisotopic (exact) mass is 440 g/mol. The van der Waals surface area contributed by atoms with E-state index < -0.39 is 12.1 Å². The molecule has 0 bridgehead atoms. The third-order valence-corrected chi connectivity index (χ3v) is 9.89. The van der Waals surface area contributed by atoms with E-state index in [2.05, 4.69) is 34.6 Å². The van der Waals surface area contributed by atoms with Crippen LogP contribution in [0.25, 0.3) is 0 Å². The Balaban J connectivity index is 1.74. The average molecular weight is 441 g/mol. The molecule has 5 rings (SSSR count). The van der Waals surface area contributed by atoms with Gasteiger partial charge >= 0.3 is 5.97 Å². The molecule has 3 N–H and O–H groups in total. The summed E-state index contributed by atoms with van der Waals surface area (Å²) in [5.41, 5.74) is 2.93. The summed E-state index contributed by atoms with van der Waals surface area (Å²) in [7, 11) is 0. The predicted octanol–water partition coefficient (Wildman–Crippen LogP) is 4.60. The van der Waals surface area contributed by atoms with Crippen molar-refractivity contribution in [2.75, 3.05) is 0 Å². The lowest BCUT2D eigenvalue weighted by atomic mass is 9.44. The van der Waals surface area contributed by atoms with E-state index in [1.807, 2.05) is 0 Å². The molecule has 0 aromatic heterocycles. The lowest BCUT2D eigenvalue weighted by Gasteiger charge is -2.62. The van der Waals surface area contributed by atoms with Crippen LogP contribution >= 0.6 is 0 Å². The molecule has 174 valence electrons. The van der Waals surface area contributed by atoms with E-state index >= 15 is 0 Å². The van der Waals surface area contributed by atoms with Crippen molar-refractivity contribution in [3.63, 3.8) is 0 Å². The summed E-state index contributed by atoms with van der Waals surface area (Å²) in [6.07, 6.45) is 2.76. The number of aliphatic hydroxyl groups excluding tert-OH is 2. The van der Waals surface area contributed by atoms with Gasteiger partial charge in [-0.15, -0.1) is 0 Å². The first kappa shape index (κ1) is 22.0. The lowest BCUT2D eigenvalue weighted by molar-refractivity contribution is -0.112. The molecular formula is C27H36O5. The van der Waals surface area contributed by atoms with Gasteiger partial charge in [-0.25, -0.2) is 4.79 Å². The molecule has 1 aromatic carbocycles. The van der Waals surface area contributed by atoms with Crippen molar-refractivity contribution >= 4 is 5.97 Å². The van der Waals surface area contributed by atoms with Crippen LogP contribution in [0.5, 0.6) is 5.75 Å².